The molecule has 2 aromatic carbocycles. The largest absolute Gasteiger partial charge is 0.431 e. The lowest BCUT2D eigenvalue weighted by Crippen LogP contribution is -2.16. The van der Waals surface area contributed by atoms with E-state index in [9.17, 15) is 4.79 Å². The Balaban J connectivity index is 1.68. The predicted octanol–water partition coefficient (Wildman–Crippen LogP) is 6.23. The van der Waals surface area contributed by atoms with Crippen LogP contribution in [0.25, 0.3) is 22.1 Å². The highest BCUT2D eigenvalue weighted by molar-refractivity contribution is 7.98. The van der Waals surface area contributed by atoms with Crippen LogP contribution in [-0.2, 0) is 18.6 Å². The first-order chi connectivity index (χ1) is 14.1. The van der Waals surface area contributed by atoms with Gasteiger partial charge in [0.2, 0.25) is 0 Å². The zero-order valence-corrected chi connectivity index (χ0v) is 17.5. The van der Waals surface area contributed by atoms with Crippen molar-refractivity contribution in [1.82, 2.24) is 4.98 Å². The van der Waals surface area contributed by atoms with Crippen LogP contribution in [0.3, 0.4) is 0 Å². The van der Waals surface area contributed by atoms with Gasteiger partial charge >= 0.3 is 5.63 Å². The minimum absolute atomic E-state index is 0.215. The number of hydrogen-bond acceptors (Lipinski definition) is 5. The molecule has 148 valence electrons. The van der Waals surface area contributed by atoms with Crippen molar-refractivity contribution < 1.29 is 8.83 Å². The van der Waals surface area contributed by atoms with Crippen molar-refractivity contribution in [3.63, 3.8) is 0 Å². The second kappa shape index (κ2) is 7.38. The highest BCUT2D eigenvalue weighted by Crippen LogP contribution is 2.38. The first-order valence-electron chi connectivity index (χ1n) is 10.2. The lowest BCUT2D eigenvalue weighted by Gasteiger charge is -2.17. The van der Waals surface area contributed by atoms with E-state index < -0.39 is 0 Å². The molecule has 0 fully saturated rings. The van der Waals surface area contributed by atoms with Crippen LogP contribution in [0.1, 0.15) is 54.9 Å². The molecule has 0 aliphatic heterocycles. The topological polar surface area (TPSA) is 56.2 Å². The molecule has 0 saturated heterocycles. The molecule has 0 unspecified atom stereocenters. The van der Waals surface area contributed by atoms with Crippen molar-refractivity contribution in [3.05, 3.63) is 69.1 Å². The van der Waals surface area contributed by atoms with Crippen LogP contribution in [0.5, 0.6) is 0 Å². The fraction of sp³-hybridized carbons (Fsp3) is 0.333. The Kier molecular flexibility index (Phi) is 4.70. The van der Waals surface area contributed by atoms with E-state index in [-0.39, 0.29) is 11.5 Å². The van der Waals surface area contributed by atoms with Crippen molar-refractivity contribution in [3.8, 4) is 0 Å². The molecule has 0 N–H and O–H groups in total. The second-order valence-corrected chi connectivity index (χ2v) is 8.91. The predicted molar refractivity (Wildman–Crippen MR) is 117 cm³/mol. The third-order valence-corrected chi connectivity index (χ3v) is 6.59. The molecule has 29 heavy (non-hydrogen) atoms. The number of aromatic nitrogens is 1. The van der Waals surface area contributed by atoms with Crippen LogP contribution in [0, 0.1) is 0 Å². The van der Waals surface area contributed by atoms with Gasteiger partial charge < -0.3 is 8.83 Å². The number of fused-ring (bicyclic) bond motifs is 5. The van der Waals surface area contributed by atoms with Crippen molar-refractivity contribution in [2.45, 2.75) is 56.4 Å². The lowest BCUT2D eigenvalue weighted by molar-refractivity contribution is 0.485. The molecule has 0 saturated carbocycles. The fourth-order valence-electron chi connectivity index (χ4n) is 4.18. The van der Waals surface area contributed by atoms with E-state index in [2.05, 4.69) is 32.0 Å². The van der Waals surface area contributed by atoms with Crippen molar-refractivity contribution >= 4 is 33.8 Å². The van der Waals surface area contributed by atoms with Gasteiger partial charge in [-0.25, -0.2) is 4.79 Å². The second-order valence-electron chi connectivity index (χ2n) is 7.98. The summed E-state index contributed by atoms with van der Waals surface area (Å²) in [5.41, 5.74) is 6.10. The summed E-state index contributed by atoms with van der Waals surface area (Å²) >= 11 is 1.56. The van der Waals surface area contributed by atoms with Crippen LogP contribution in [0.15, 0.2) is 55.2 Å². The van der Waals surface area contributed by atoms with Gasteiger partial charge in [-0.2, -0.15) is 4.98 Å². The zero-order chi connectivity index (χ0) is 20.0. The summed E-state index contributed by atoms with van der Waals surface area (Å²) in [6.45, 7) is 4.32. The van der Waals surface area contributed by atoms with Crippen LogP contribution in [0.2, 0.25) is 0 Å². The van der Waals surface area contributed by atoms with Gasteiger partial charge in [-0.3, -0.25) is 0 Å². The van der Waals surface area contributed by atoms with Gasteiger partial charge in [0.15, 0.2) is 16.7 Å². The maximum Gasteiger partial charge on any atom is 0.339 e. The molecule has 0 radical (unpaired) electrons. The average molecular weight is 406 g/mol. The van der Waals surface area contributed by atoms with E-state index in [1.54, 1.807) is 11.8 Å². The molecule has 0 bridgehead atoms. The van der Waals surface area contributed by atoms with Gasteiger partial charge in [-0.1, -0.05) is 55.9 Å². The Bertz CT molecular complexity index is 1250. The summed E-state index contributed by atoms with van der Waals surface area (Å²) in [7, 11) is 0. The molecule has 0 atom stereocenters. The molecular weight excluding hydrogens is 382 g/mol. The molecule has 0 spiro atoms. The van der Waals surface area contributed by atoms with E-state index >= 15 is 0 Å². The summed E-state index contributed by atoms with van der Waals surface area (Å²) < 4.78 is 12.0. The summed E-state index contributed by atoms with van der Waals surface area (Å²) in [5.74, 6) is 1.06. The maximum atomic E-state index is 12.6. The van der Waals surface area contributed by atoms with Crippen molar-refractivity contribution in [2.24, 2.45) is 0 Å². The van der Waals surface area contributed by atoms with Crippen LogP contribution >= 0.6 is 11.8 Å². The number of benzene rings is 2. The van der Waals surface area contributed by atoms with Crippen LogP contribution in [0.4, 0.5) is 0 Å². The molecule has 4 aromatic rings. The minimum atomic E-state index is -0.215. The number of thioether (sulfide) groups is 1. The minimum Gasteiger partial charge on any atom is -0.431 e. The molecule has 5 rings (SSSR count). The van der Waals surface area contributed by atoms with Crippen molar-refractivity contribution in [2.75, 3.05) is 0 Å². The molecular formula is C24H23NO3S. The van der Waals surface area contributed by atoms with Crippen LogP contribution < -0.4 is 5.63 Å². The summed E-state index contributed by atoms with van der Waals surface area (Å²) in [6, 6.07) is 12.4. The average Bonchev–Trinajstić information content (AvgIpc) is 3.17. The molecule has 0 amide bonds. The molecule has 5 heteroatoms. The Morgan fingerprint density at radius 2 is 1.79 bits per heavy atom. The quantitative estimate of drug-likeness (QED) is 0.298. The zero-order valence-electron chi connectivity index (χ0n) is 16.7. The third-order valence-electron chi connectivity index (χ3n) is 5.69. The van der Waals surface area contributed by atoms with E-state index in [0.717, 1.165) is 59.1 Å². The van der Waals surface area contributed by atoms with E-state index in [4.69, 9.17) is 13.8 Å². The molecule has 1 aliphatic rings. The van der Waals surface area contributed by atoms with Crippen LogP contribution in [-0.4, -0.2) is 4.98 Å². The van der Waals surface area contributed by atoms with Gasteiger partial charge in [-0.05, 0) is 48.8 Å². The molecule has 2 heterocycles. The third kappa shape index (κ3) is 3.27. The van der Waals surface area contributed by atoms with Gasteiger partial charge in [0.05, 0.1) is 0 Å². The van der Waals surface area contributed by atoms with Gasteiger partial charge in [-0.15, -0.1) is 0 Å². The van der Waals surface area contributed by atoms with Crippen molar-refractivity contribution in [1.29, 1.82) is 0 Å². The maximum absolute atomic E-state index is 12.6. The van der Waals surface area contributed by atoms with Gasteiger partial charge in [0, 0.05) is 22.3 Å². The normalized spacial score (nSPS) is 14.0. The number of oxazole rings is 1. The number of hydrogen-bond donors (Lipinski definition) is 0. The molecule has 1 aliphatic carbocycles. The number of rotatable bonds is 4. The van der Waals surface area contributed by atoms with E-state index in [0.29, 0.717) is 16.3 Å². The SMILES string of the molecule is CC(C)c1cc2c3c(c(=O)oc2c2nc(SCc4ccccc4)oc12)CCCC3. The number of nitrogens with zero attached hydrogens (tertiary/aromatic N) is 1. The molecule has 4 nitrogen and oxygen atoms in total. The lowest BCUT2D eigenvalue weighted by atomic mass is 9.89. The fourth-order valence-corrected chi connectivity index (χ4v) is 4.96. The highest BCUT2D eigenvalue weighted by Gasteiger charge is 2.24. The van der Waals surface area contributed by atoms with E-state index in [1.165, 1.54) is 5.56 Å². The Hall–Kier alpha value is -2.53. The first kappa shape index (κ1) is 18.5. The molecule has 2 aromatic heterocycles. The van der Waals surface area contributed by atoms with E-state index in [1.807, 2.05) is 18.2 Å². The Morgan fingerprint density at radius 3 is 2.55 bits per heavy atom. The summed E-state index contributed by atoms with van der Waals surface area (Å²) in [4.78, 5) is 17.4. The Labute approximate surface area is 173 Å². The number of aryl methyl sites for hydroxylation is 1. The van der Waals surface area contributed by atoms with Gasteiger partial charge in [0.1, 0.15) is 0 Å². The standard InChI is InChI=1S/C24H23NO3S/c1-14(2)18-12-19-16-10-6-7-11-17(16)23(26)27-22(19)20-21(18)28-24(25-20)29-13-15-8-4-3-5-9-15/h3-5,8-9,12,14H,6-7,10-11,13H2,1-2H3. The van der Waals surface area contributed by atoms with Gasteiger partial charge in [0.25, 0.3) is 5.22 Å². The highest BCUT2D eigenvalue weighted by atomic mass is 32.2. The monoisotopic (exact) mass is 405 g/mol. The first-order valence-corrected chi connectivity index (χ1v) is 11.2. The Morgan fingerprint density at radius 1 is 1.03 bits per heavy atom. The summed E-state index contributed by atoms with van der Waals surface area (Å²) in [6.07, 6.45) is 3.89. The smallest absolute Gasteiger partial charge is 0.339 e. The summed E-state index contributed by atoms with van der Waals surface area (Å²) in [5, 5.41) is 1.64.